The third kappa shape index (κ3) is 9.37. The minimum Gasteiger partial charge on any atom is -0.454 e. The molecule has 3 heterocycles. The van der Waals surface area contributed by atoms with Crippen LogP contribution in [0.5, 0.6) is 0 Å². The molecule has 2 aromatic heterocycles. The number of hydrogen-bond donors (Lipinski definition) is 0. The maximum absolute atomic E-state index is 7.59. The van der Waals surface area contributed by atoms with Crippen molar-refractivity contribution in [2.24, 2.45) is 0 Å². The molecular formula is C93H83N3O2Si2. The molecule has 0 amide bonds. The van der Waals surface area contributed by atoms with Crippen molar-refractivity contribution in [3.63, 3.8) is 0 Å². The fourth-order valence-corrected chi connectivity index (χ4v) is 20.9. The summed E-state index contributed by atoms with van der Waals surface area (Å²) in [5.74, 6) is 0.947. The maximum atomic E-state index is 7.59. The summed E-state index contributed by atoms with van der Waals surface area (Å²) in [6, 6.07) is 100. The SMILES string of the molecule is C[Si](C)(C)c1ccc(N(c2cc3c(c4ccccc24)-c2c(cc(N(c4ccc([Si](C)(C)C)cc4)c4cccc5c4oc4c(C6CCCCC6)cccc45)c4ccccc24)C32c3ccccc3N(c3ccccc3)c3ccccc32)c2cccc3c2oc2c(C4CCCCC4)cccc23)cc1. The van der Waals surface area contributed by atoms with Crippen LogP contribution in [-0.2, 0) is 5.41 Å². The molecule has 0 radical (unpaired) electrons. The molecule has 4 aliphatic rings. The van der Waals surface area contributed by atoms with E-state index in [1.165, 1.54) is 151 Å². The van der Waals surface area contributed by atoms with Crippen LogP contribution in [0.15, 0.2) is 270 Å². The molecular weight excluding hydrogens is 1250 g/mol. The van der Waals surface area contributed by atoms with Gasteiger partial charge < -0.3 is 23.5 Å². The molecule has 0 saturated heterocycles. The summed E-state index contributed by atoms with van der Waals surface area (Å²) in [6.07, 6.45) is 12.4. The highest BCUT2D eigenvalue weighted by Gasteiger charge is 2.54. The third-order valence-corrected chi connectivity index (χ3v) is 27.5. The lowest BCUT2D eigenvalue weighted by Gasteiger charge is -2.45. The lowest BCUT2D eigenvalue weighted by atomic mass is 9.64. The molecule has 0 unspecified atom stereocenters. The van der Waals surface area contributed by atoms with Gasteiger partial charge in [-0.25, -0.2) is 0 Å². The van der Waals surface area contributed by atoms with Crippen LogP contribution >= 0.6 is 0 Å². The van der Waals surface area contributed by atoms with Crippen LogP contribution in [0.25, 0.3) is 76.5 Å². The fourth-order valence-electron chi connectivity index (χ4n) is 18.6. The fraction of sp³-hybridized carbons (Fsp3) is 0.204. The van der Waals surface area contributed by atoms with Crippen molar-refractivity contribution >= 4 is 143 Å². The van der Waals surface area contributed by atoms with Crippen molar-refractivity contribution < 1.29 is 8.83 Å². The molecule has 1 spiro atoms. The minimum absolute atomic E-state index is 0.474. The zero-order valence-corrected chi connectivity index (χ0v) is 60.2. The highest BCUT2D eigenvalue weighted by atomic mass is 28.3. The normalized spacial score (nSPS) is 15.5. The zero-order valence-electron chi connectivity index (χ0n) is 58.2. The van der Waals surface area contributed by atoms with Crippen molar-refractivity contribution in [2.45, 2.75) is 121 Å². The van der Waals surface area contributed by atoms with Crippen LogP contribution in [0.4, 0.5) is 51.2 Å². The first-order valence-corrected chi connectivity index (χ1v) is 43.8. The van der Waals surface area contributed by atoms with Gasteiger partial charge in [-0.2, -0.15) is 0 Å². The Labute approximate surface area is 589 Å². The molecule has 2 saturated carbocycles. The lowest BCUT2D eigenvalue weighted by Crippen LogP contribution is -2.37. The lowest BCUT2D eigenvalue weighted by molar-refractivity contribution is 0.442. The number of rotatable bonds is 11. The summed E-state index contributed by atoms with van der Waals surface area (Å²) in [6.45, 7) is 14.7. The second-order valence-electron chi connectivity index (χ2n) is 31.1. The van der Waals surface area contributed by atoms with E-state index in [0.717, 1.165) is 84.3 Å². The number of hydrogen-bond acceptors (Lipinski definition) is 5. The van der Waals surface area contributed by atoms with E-state index in [4.69, 9.17) is 8.83 Å². The first kappa shape index (κ1) is 60.9. The van der Waals surface area contributed by atoms with E-state index in [1.807, 2.05) is 0 Å². The molecule has 19 rings (SSSR count). The molecule has 0 N–H and O–H groups in total. The second kappa shape index (κ2) is 23.5. The predicted molar refractivity (Wildman–Crippen MR) is 429 cm³/mol. The Hall–Kier alpha value is -10.2. The van der Waals surface area contributed by atoms with Gasteiger partial charge in [-0.05, 0) is 166 Å². The van der Waals surface area contributed by atoms with Gasteiger partial charge in [-0.15, -0.1) is 0 Å². The van der Waals surface area contributed by atoms with Gasteiger partial charge >= 0.3 is 0 Å². The summed E-state index contributed by atoms with van der Waals surface area (Å²) in [5.41, 5.74) is 22.9. The molecule has 1 aliphatic heterocycles. The topological polar surface area (TPSA) is 36.0 Å². The van der Waals surface area contributed by atoms with Gasteiger partial charge in [-0.1, -0.05) is 276 Å². The quantitative estimate of drug-likeness (QED) is 0.121. The second-order valence-corrected chi connectivity index (χ2v) is 41.2. The molecule has 490 valence electrons. The van der Waals surface area contributed by atoms with Crippen molar-refractivity contribution in [1.29, 1.82) is 0 Å². The van der Waals surface area contributed by atoms with E-state index in [2.05, 4.69) is 315 Å². The molecule has 15 aromatic rings. The Balaban J connectivity index is 0.941. The van der Waals surface area contributed by atoms with Crippen molar-refractivity contribution in [1.82, 2.24) is 0 Å². The van der Waals surface area contributed by atoms with Gasteiger partial charge in [0.1, 0.15) is 11.2 Å². The Bertz CT molecular complexity index is 5410. The molecule has 0 atom stereocenters. The number of benzene rings is 13. The monoisotopic (exact) mass is 1330 g/mol. The Kier molecular flexibility index (Phi) is 14.3. The van der Waals surface area contributed by atoms with Crippen molar-refractivity contribution in [2.75, 3.05) is 14.7 Å². The van der Waals surface area contributed by atoms with Crippen molar-refractivity contribution in [3.05, 3.63) is 294 Å². The van der Waals surface area contributed by atoms with Gasteiger partial charge in [-0.3, -0.25) is 0 Å². The van der Waals surface area contributed by atoms with E-state index < -0.39 is 21.6 Å². The number of para-hydroxylation sites is 7. The first-order chi connectivity index (χ1) is 48.9. The van der Waals surface area contributed by atoms with E-state index >= 15 is 0 Å². The van der Waals surface area contributed by atoms with E-state index in [-0.39, 0.29) is 0 Å². The molecule has 0 bridgehead atoms. The Morgan fingerprint density at radius 2 is 0.680 bits per heavy atom. The third-order valence-electron chi connectivity index (χ3n) is 23.3. The number of anilines is 9. The number of fused-ring (bicyclic) bond motifs is 19. The standard InChI is InChI=1S/C93H83N3O2Si2/c1-99(2,3)65-54-50-63(51-55-65)95(83-48-26-42-75-73-40-24-38-67(89(73)97-91(75)83)60-28-10-7-11-29-60)85-58-79-87(71-36-18-16-34-69(71)85)88-72-37-19-17-35-70(72)86(59-80(88)93(79)77-44-20-22-46-81(77)94(62-32-14-9-15-33-62)82-47-23-21-45-78(82)93)96(64-52-56-66(57-53-64)100(4,5)6)84-49-27-43-76-74-41-25-39-68(90(74)98-92(76)84)61-30-12-8-13-31-61/h9,14-27,32-61H,7-8,10-13,28-31H2,1-6H3. The van der Waals surface area contributed by atoms with Crippen LogP contribution in [0, 0.1) is 0 Å². The molecule has 7 heteroatoms. The maximum Gasteiger partial charge on any atom is 0.159 e. The first-order valence-electron chi connectivity index (χ1n) is 36.8. The smallest absolute Gasteiger partial charge is 0.159 e. The average Bonchev–Trinajstić information content (AvgIpc) is 1.48. The average molecular weight is 1330 g/mol. The van der Waals surface area contributed by atoms with Crippen LogP contribution in [0.2, 0.25) is 39.3 Å². The summed E-state index contributed by atoms with van der Waals surface area (Å²) < 4.78 is 15.2. The summed E-state index contributed by atoms with van der Waals surface area (Å²) in [7, 11) is -3.45. The minimum atomic E-state index is -1.73. The van der Waals surface area contributed by atoms with Crippen LogP contribution in [-0.4, -0.2) is 16.1 Å². The van der Waals surface area contributed by atoms with Crippen LogP contribution < -0.4 is 25.1 Å². The Morgan fingerprint density at radius 3 is 1.10 bits per heavy atom. The highest BCUT2D eigenvalue weighted by molar-refractivity contribution is 6.89. The molecule has 2 fully saturated rings. The van der Waals surface area contributed by atoms with Crippen LogP contribution in [0.3, 0.4) is 0 Å². The highest BCUT2D eigenvalue weighted by Crippen LogP contribution is 2.68. The number of furan rings is 2. The van der Waals surface area contributed by atoms with E-state index in [9.17, 15) is 0 Å². The molecule has 3 aliphatic carbocycles. The summed E-state index contributed by atoms with van der Waals surface area (Å²) in [4.78, 5) is 7.65. The van der Waals surface area contributed by atoms with Crippen molar-refractivity contribution in [3.8, 4) is 11.1 Å². The van der Waals surface area contributed by atoms with E-state index in [0.29, 0.717) is 11.8 Å². The van der Waals surface area contributed by atoms with Gasteiger partial charge in [0.05, 0.1) is 55.7 Å². The molecule has 100 heavy (non-hydrogen) atoms. The molecule has 5 nitrogen and oxygen atoms in total. The largest absolute Gasteiger partial charge is 0.454 e. The van der Waals surface area contributed by atoms with Gasteiger partial charge in [0.2, 0.25) is 0 Å². The van der Waals surface area contributed by atoms with Gasteiger partial charge in [0, 0.05) is 49.4 Å². The predicted octanol–water partition coefficient (Wildman–Crippen LogP) is 26.1. The molecule has 13 aromatic carbocycles. The number of nitrogens with zero attached hydrogens (tertiary/aromatic N) is 3. The zero-order chi connectivity index (χ0) is 67.2. The van der Waals surface area contributed by atoms with Gasteiger partial charge in [0.15, 0.2) is 11.2 Å². The van der Waals surface area contributed by atoms with Crippen LogP contribution in [0.1, 0.15) is 109 Å². The van der Waals surface area contributed by atoms with E-state index in [1.54, 1.807) is 0 Å². The van der Waals surface area contributed by atoms with Gasteiger partial charge in [0.25, 0.3) is 0 Å². The summed E-state index contributed by atoms with van der Waals surface area (Å²) in [5, 5.41) is 12.2. The summed E-state index contributed by atoms with van der Waals surface area (Å²) >= 11 is 0. The Morgan fingerprint density at radius 1 is 0.320 bits per heavy atom.